The lowest BCUT2D eigenvalue weighted by Crippen LogP contribution is -2.35. The Morgan fingerprint density at radius 3 is 2.91 bits per heavy atom. The van der Waals surface area contributed by atoms with Crippen LogP contribution in [0.3, 0.4) is 0 Å². The highest BCUT2D eigenvalue weighted by molar-refractivity contribution is 7.10. The number of carbonyl (C=O) groups excluding carboxylic acids is 1. The summed E-state index contributed by atoms with van der Waals surface area (Å²) in [7, 11) is 0. The van der Waals surface area contributed by atoms with Crippen molar-refractivity contribution >= 4 is 23.1 Å². The van der Waals surface area contributed by atoms with E-state index in [1.807, 2.05) is 5.43 Å². The van der Waals surface area contributed by atoms with Crippen LogP contribution in [0, 0.1) is 0 Å². The Balaban J connectivity index is 2.01. The quantitative estimate of drug-likeness (QED) is 0.447. The summed E-state index contributed by atoms with van der Waals surface area (Å²) in [6.45, 7) is 0. The molecule has 2 aromatic rings. The van der Waals surface area contributed by atoms with E-state index in [9.17, 15) is 18.0 Å². The third-order valence-corrected chi connectivity index (χ3v) is 4.43. The molecule has 0 aliphatic carbocycles. The highest BCUT2D eigenvalue weighted by Crippen LogP contribution is 2.44. The van der Waals surface area contributed by atoms with Crippen molar-refractivity contribution in [1.29, 1.82) is 0 Å². The van der Waals surface area contributed by atoms with Crippen LogP contribution >= 0.6 is 11.3 Å². The average Bonchev–Trinajstić information content (AvgIpc) is 3.12. The topological polar surface area (TPSA) is 85.0 Å². The smallest absolute Gasteiger partial charge is 0.363 e. The fourth-order valence-electron chi connectivity index (χ4n) is 2.43. The SMILES string of the molecule is NNC(=O)c1cc2n(n1)[C@@H](C(F)(F)F)C[C@@H](c1cccs1)N2. The first kappa shape index (κ1) is 14.9. The monoisotopic (exact) mass is 331 g/mol. The molecule has 6 nitrogen and oxygen atoms in total. The van der Waals surface area contributed by atoms with Gasteiger partial charge >= 0.3 is 6.18 Å². The number of rotatable bonds is 2. The van der Waals surface area contributed by atoms with Gasteiger partial charge in [0, 0.05) is 17.4 Å². The fourth-order valence-corrected chi connectivity index (χ4v) is 3.23. The molecule has 0 bridgehead atoms. The molecule has 1 aliphatic heterocycles. The number of nitrogens with two attached hydrogens (primary N) is 1. The van der Waals surface area contributed by atoms with Crippen molar-refractivity contribution < 1.29 is 18.0 Å². The lowest BCUT2D eigenvalue weighted by molar-refractivity contribution is -0.173. The van der Waals surface area contributed by atoms with Gasteiger partial charge in [-0.1, -0.05) is 6.07 Å². The maximum absolute atomic E-state index is 13.3. The molecule has 118 valence electrons. The van der Waals surface area contributed by atoms with Crippen molar-refractivity contribution in [1.82, 2.24) is 15.2 Å². The number of hydrazine groups is 1. The zero-order valence-electron chi connectivity index (χ0n) is 11.1. The molecule has 0 saturated carbocycles. The highest BCUT2D eigenvalue weighted by atomic mass is 32.1. The van der Waals surface area contributed by atoms with Crippen LogP contribution in [0.1, 0.15) is 33.9 Å². The predicted molar refractivity (Wildman–Crippen MR) is 74.3 cm³/mol. The summed E-state index contributed by atoms with van der Waals surface area (Å²) in [5.41, 5.74) is 1.70. The average molecular weight is 331 g/mol. The lowest BCUT2D eigenvalue weighted by Gasteiger charge is -2.32. The van der Waals surface area contributed by atoms with Gasteiger partial charge in [0.15, 0.2) is 11.7 Å². The largest absolute Gasteiger partial charge is 0.410 e. The van der Waals surface area contributed by atoms with Crippen LogP contribution in [0.5, 0.6) is 0 Å². The third kappa shape index (κ3) is 2.55. The van der Waals surface area contributed by atoms with Gasteiger partial charge in [-0.25, -0.2) is 10.5 Å². The first-order valence-electron chi connectivity index (χ1n) is 6.37. The van der Waals surface area contributed by atoms with Gasteiger partial charge in [0.05, 0.1) is 6.04 Å². The molecule has 0 saturated heterocycles. The van der Waals surface area contributed by atoms with Crippen LogP contribution in [0.15, 0.2) is 23.6 Å². The molecule has 2 atom stereocenters. The van der Waals surface area contributed by atoms with Crippen molar-refractivity contribution in [2.24, 2.45) is 5.84 Å². The predicted octanol–water partition coefficient (Wildman–Crippen LogP) is 2.21. The summed E-state index contributed by atoms with van der Waals surface area (Å²) in [5.74, 6) is 4.40. The Bertz CT molecular complexity index is 681. The zero-order chi connectivity index (χ0) is 15.9. The Labute approximate surface area is 127 Å². The molecule has 4 N–H and O–H groups in total. The van der Waals surface area contributed by atoms with Gasteiger partial charge in [-0.05, 0) is 11.4 Å². The standard InChI is InChI=1S/C12H12F3N5OS/c13-12(14,15)9-4-6(8-2-1-3-22-8)17-10-5-7(11(21)18-16)19-20(9)10/h1-3,5-6,9,17H,4,16H2,(H,18,21)/t6-,9+/m0/s1. The van der Waals surface area contributed by atoms with Crippen LogP contribution in [0.25, 0.3) is 0 Å². The first-order valence-corrected chi connectivity index (χ1v) is 7.25. The lowest BCUT2D eigenvalue weighted by atomic mass is 10.0. The number of halogens is 3. The Kier molecular flexibility index (Phi) is 3.57. The van der Waals surface area contributed by atoms with Gasteiger partial charge in [0.2, 0.25) is 0 Å². The van der Waals surface area contributed by atoms with E-state index >= 15 is 0 Å². The van der Waals surface area contributed by atoms with E-state index in [1.54, 1.807) is 17.5 Å². The second kappa shape index (κ2) is 5.29. The number of fused-ring (bicyclic) bond motifs is 1. The summed E-state index contributed by atoms with van der Waals surface area (Å²) >= 11 is 1.38. The summed E-state index contributed by atoms with van der Waals surface area (Å²) in [4.78, 5) is 12.3. The Hall–Kier alpha value is -2.07. The number of thiophene rings is 1. The number of aromatic nitrogens is 2. The van der Waals surface area contributed by atoms with Crippen LogP contribution in [0.2, 0.25) is 0 Å². The number of carbonyl (C=O) groups is 1. The van der Waals surface area contributed by atoms with Gasteiger partial charge < -0.3 is 5.32 Å². The van der Waals surface area contributed by atoms with E-state index in [1.165, 1.54) is 17.4 Å². The molecule has 0 aromatic carbocycles. The summed E-state index contributed by atoms with van der Waals surface area (Å²) in [6.07, 6.45) is -4.66. The highest BCUT2D eigenvalue weighted by Gasteiger charge is 2.46. The summed E-state index contributed by atoms with van der Waals surface area (Å²) in [6, 6.07) is 2.54. The summed E-state index contributed by atoms with van der Waals surface area (Å²) < 4.78 is 40.8. The van der Waals surface area contributed by atoms with E-state index in [0.29, 0.717) is 0 Å². The molecule has 3 heterocycles. The van der Waals surface area contributed by atoms with Crippen molar-refractivity contribution in [3.63, 3.8) is 0 Å². The number of amides is 1. The van der Waals surface area contributed by atoms with E-state index in [0.717, 1.165) is 9.56 Å². The molecule has 0 fully saturated rings. The third-order valence-electron chi connectivity index (χ3n) is 3.44. The van der Waals surface area contributed by atoms with Gasteiger partial charge in [-0.2, -0.15) is 18.3 Å². The fraction of sp³-hybridized carbons (Fsp3) is 0.333. The first-order chi connectivity index (χ1) is 10.4. The number of alkyl halides is 3. The van der Waals surface area contributed by atoms with Crippen molar-refractivity contribution in [2.75, 3.05) is 5.32 Å². The Morgan fingerprint density at radius 1 is 1.55 bits per heavy atom. The van der Waals surface area contributed by atoms with Crippen LogP contribution in [-0.4, -0.2) is 21.9 Å². The number of anilines is 1. The zero-order valence-corrected chi connectivity index (χ0v) is 11.9. The number of nitrogen functional groups attached to an aromatic ring is 1. The molecule has 10 heteroatoms. The molecule has 0 unspecified atom stereocenters. The molecular formula is C12H12F3N5OS. The van der Waals surface area contributed by atoms with E-state index in [2.05, 4.69) is 10.4 Å². The number of hydrogen-bond donors (Lipinski definition) is 3. The van der Waals surface area contributed by atoms with Crippen molar-refractivity contribution in [3.8, 4) is 0 Å². The number of nitrogens with one attached hydrogen (secondary N) is 2. The Morgan fingerprint density at radius 2 is 2.32 bits per heavy atom. The minimum Gasteiger partial charge on any atom is -0.363 e. The number of hydrogen-bond acceptors (Lipinski definition) is 5. The summed E-state index contributed by atoms with van der Waals surface area (Å²) in [5, 5.41) is 8.53. The van der Waals surface area contributed by atoms with Crippen LogP contribution in [0.4, 0.5) is 19.0 Å². The molecule has 1 amide bonds. The molecule has 2 aromatic heterocycles. The molecular weight excluding hydrogens is 319 g/mol. The van der Waals surface area contributed by atoms with E-state index in [4.69, 9.17) is 5.84 Å². The van der Waals surface area contributed by atoms with Gasteiger partial charge in [-0.3, -0.25) is 10.2 Å². The van der Waals surface area contributed by atoms with Gasteiger partial charge in [0.25, 0.3) is 5.91 Å². The number of nitrogens with zero attached hydrogens (tertiary/aromatic N) is 2. The minimum atomic E-state index is -4.46. The molecule has 0 radical (unpaired) electrons. The van der Waals surface area contributed by atoms with Gasteiger partial charge in [0.1, 0.15) is 5.82 Å². The normalized spacial score (nSPS) is 21.1. The second-order valence-electron chi connectivity index (χ2n) is 4.84. The van der Waals surface area contributed by atoms with Crippen LogP contribution < -0.4 is 16.6 Å². The minimum absolute atomic E-state index is 0.144. The molecule has 22 heavy (non-hydrogen) atoms. The van der Waals surface area contributed by atoms with Gasteiger partial charge in [-0.15, -0.1) is 11.3 Å². The second-order valence-corrected chi connectivity index (χ2v) is 5.82. The maximum Gasteiger partial charge on any atom is 0.410 e. The molecule has 3 rings (SSSR count). The van der Waals surface area contributed by atoms with Crippen LogP contribution in [-0.2, 0) is 0 Å². The van der Waals surface area contributed by atoms with Crippen molar-refractivity contribution in [2.45, 2.75) is 24.7 Å². The van der Waals surface area contributed by atoms with E-state index < -0.39 is 24.2 Å². The van der Waals surface area contributed by atoms with E-state index in [-0.39, 0.29) is 17.9 Å². The molecule has 0 spiro atoms. The molecule has 1 aliphatic rings. The maximum atomic E-state index is 13.3. The van der Waals surface area contributed by atoms with Crippen molar-refractivity contribution in [3.05, 3.63) is 34.2 Å².